The van der Waals surface area contributed by atoms with Gasteiger partial charge >= 0.3 is 5.97 Å². The molecular formula is C15H11BrCl2N2O4. The summed E-state index contributed by atoms with van der Waals surface area (Å²) < 4.78 is 10.7. The van der Waals surface area contributed by atoms with Crippen molar-refractivity contribution in [3.8, 4) is 0 Å². The summed E-state index contributed by atoms with van der Waals surface area (Å²) in [5, 5.41) is 2.97. The highest BCUT2D eigenvalue weighted by atomic mass is 79.9. The molecule has 2 heterocycles. The maximum Gasteiger partial charge on any atom is 0.331 e. The van der Waals surface area contributed by atoms with Gasteiger partial charge in [0.1, 0.15) is 5.76 Å². The van der Waals surface area contributed by atoms with Gasteiger partial charge in [0, 0.05) is 12.3 Å². The third-order valence-electron chi connectivity index (χ3n) is 2.69. The van der Waals surface area contributed by atoms with E-state index in [4.69, 9.17) is 32.4 Å². The van der Waals surface area contributed by atoms with Gasteiger partial charge in [-0.2, -0.15) is 0 Å². The van der Waals surface area contributed by atoms with Crippen LogP contribution in [-0.4, -0.2) is 23.0 Å². The molecule has 9 heteroatoms. The Balaban J connectivity index is 1.90. The Morgan fingerprint density at radius 2 is 2.17 bits per heavy atom. The standard InChI is InChI=1S/C15H11BrCl2N2O4/c1-8(15(22)20-14-11(18)6-9(17)7-19-14)23-13(21)5-3-10-2-4-12(16)24-10/h2-8H,1H3,(H,19,20,22). The van der Waals surface area contributed by atoms with Crippen LogP contribution in [0.1, 0.15) is 12.7 Å². The third kappa shape index (κ3) is 5.36. The molecule has 126 valence electrons. The van der Waals surface area contributed by atoms with Crippen molar-refractivity contribution in [1.82, 2.24) is 4.98 Å². The normalized spacial score (nSPS) is 12.2. The molecule has 2 rings (SSSR count). The number of nitrogens with one attached hydrogen (secondary N) is 1. The van der Waals surface area contributed by atoms with E-state index in [0.29, 0.717) is 15.5 Å². The molecule has 2 aromatic rings. The molecule has 2 aromatic heterocycles. The van der Waals surface area contributed by atoms with Gasteiger partial charge in [-0.05, 0) is 47.1 Å². The van der Waals surface area contributed by atoms with Crippen LogP contribution in [0.25, 0.3) is 6.08 Å². The molecule has 1 amide bonds. The van der Waals surface area contributed by atoms with Crippen LogP contribution in [-0.2, 0) is 14.3 Å². The fourth-order valence-corrected chi connectivity index (χ4v) is 2.31. The van der Waals surface area contributed by atoms with Gasteiger partial charge in [0.25, 0.3) is 5.91 Å². The summed E-state index contributed by atoms with van der Waals surface area (Å²) in [7, 11) is 0. The number of anilines is 1. The van der Waals surface area contributed by atoms with Crippen LogP contribution in [0.15, 0.2) is 39.6 Å². The second-order valence-corrected chi connectivity index (χ2v) is 6.15. The van der Waals surface area contributed by atoms with Crippen molar-refractivity contribution in [3.63, 3.8) is 0 Å². The van der Waals surface area contributed by atoms with Gasteiger partial charge in [-0.25, -0.2) is 9.78 Å². The van der Waals surface area contributed by atoms with Crippen molar-refractivity contribution < 1.29 is 18.7 Å². The van der Waals surface area contributed by atoms with Gasteiger partial charge in [0.15, 0.2) is 16.6 Å². The Bertz CT molecular complexity index is 792. The highest BCUT2D eigenvalue weighted by Crippen LogP contribution is 2.22. The van der Waals surface area contributed by atoms with Crippen molar-refractivity contribution in [2.24, 2.45) is 0 Å². The van der Waals surface area contributed by atoms with Crippen LogP contribution in [0.4, 0.5) is 5.82 Å². The van der Waals surface area contributed by atoms with E-state index in [-0.39, 0.29) is 10.8 Å². The van der Waals surface area contributed by atoms with Gasteiger partial charge < -0.3 is 14.5 Å². The first-order valence-corrected chi connectivity index (χ1v) is 8.16. The average Bonchev–Trinajstić information content (AvgIpc) is 2.93. The number of esters is 1. The maximum absolute atomic E-state index is 12.0. The number of hydrogen-bond donors (Lipinski definition) is 1. The molecule has 1 N–H and O–H groups in total. The molecule has 0 spiro atoms. The van der Waals surface area contributed by atoms with Gasteiger partial charge in [-0.1, -0.05) is 23.2 Å². The Morgan fingerprint density at radius 3 is 2.79 bits per heavy atom. The van der Waals surface area contributed by atoms with Gasteiger partial charge in [-0.3, -0.25) is 4.79 Å². The molecule has 0 fully saturated rings. The lowest BCUT2D eigenvalue weighted by Crippen LogP contribution is -2.29. The molecular weight excluding hydrogens is 423 g/mol. The fraction of sp³-hybridized carbons (Fsp3) is 0.133. The molecule has 0 aliphatic heterocycles. The SMILES string of the molecule is CC(OC(=O)C=Cc1ccc(Br)o1)C(=O)Nc1ncc(Cl)cc1Cl. The summed E-state index contributed by atoms with van der Waals surface area (Å²) in [6.07, 6.45) is 2.88. The lowest BCUT2D eigenvalue weighted by Gasteiger charge is -2.12. The third-order valence-corrected chi connectivity index (χ3v) is 3.61. The first-order valence-electron chi connectivity index (χ1n) is 6.61. The summed E-state index contributed by atoms with van der Waals surface area (Å²) in [5.41, 5.74) is 0. The Labute approximate surface area is 155 Å². The number of ether oxygens (including phenoxy) is 1. The van der Waals surface area contributed by atoms with E-state index in [1.54, 1.807) is 12.1 Å². The number of aromatic nitrogens is 1. The van der Waals surface area contributed by atoms with E-state index in [1.165, 1.54) is 25.3 Å². The van der Waals surface area contributed by atoms with E-state index in [1.807, 2.05) is 0 Å². The smallest absolute Gasteiger partial charge is 0.331 e. The highest BCUT2D eigenvalue weighted by Gasteiger charge is 2.18. The highest BCUT2D eigenvalue weighted by molar-refractivity contribution is 9.10. The second kappa shape index (κ2) is 8.32. The quantitative estimate of drug-likeness (QED) is 0.560. The number of carbonyl (C=O) groups is 2. The number of amides is 1. The van der Waals surface area contributed by atoms with E-state index < -0.39 is 18.0 Å². The second-order valence-electron chi connectivity index (χ2n) is 4.53. The number of pyridine rings is 1. The van der Waals surface area contributed by atoms with Crippen molar-refractivity contribution in [2.45, 2.75) is 13.0 Å². The monoisotopic (exact) mass is 432 g/mol. The first-order chi connectivity index (χ1) is 11.3. The number of carbonyl (C=O) groups excluding carboxylic acids is 2. The first kappa shape index (κ1) is 18.5. The zero-order valence-corrected chi connectivity index (χ0v) is 15.4. The fourth-order valence-electron chi connectivity index (χ4n) is 1.56. The average molecular weight is 434 g/mol. The Morgan fingerprint density at radius 1 is 1.42 bits per heavy atom. The Hall–Kier alpha value is -1.83. The van der Waals surface area contributed by atoms with Crippen molar-refractivity contribution >= 4 is 62.9 Å². The number of nitrogens with zero attached hydrogens (tertiary/aromatic N) is 1. The molecule has 1 atom stereocenters. The van der Waals surface area contributed by atoms with Crippen LogP contribution in [0, 0.1) is 0 Å². The summed E-state index contributed by atoms with van der Waals surface area (Å²) in [5.74, 6) is -0.674. The molecule has 6 nitrogen and oxygen atoms in total. The minimum atomic E-state index is -1.04. The lowest BCUT2D eigenvalue weighted by atomic mass is 10.3. The van der Waals surface area contributed by atoms with Crippen LogP contribution < -0.4 is 5.32 Å². The predicted molar refractivity (Wildman–Crippen MR) is 93.9 cm³/mol. The number of rotatable bonds is 5. The topological polar surface area (TPSA) is 81.4 Å². The lowest BCUT2D eigenvalue weighted by molar-refractivity contribution is -0.148. The van der Waals surface area contributed by atoms with E-state index in [0.717, 1.165) is 6.08 Å². The van der Waals surface area contributed by atoms with Crippen LogP contribution in [0.2, 0.25) is 10.0 Å². The van der Waals surface area contributed by atoms with E-state index >= 15 is 0 Å². The van der Waals surface area contributed by atoms with Crippen LogP contribution >= 0.6 is 39.1 Å². The summed E-state index contributed by atoms with van der Waals surface area (Å²) in [6, 6.07) is 4.79. The van der Waals surface area contributed by atoms with Gasteiger partial charge in [0.05, 0.1) is 10.0 Å². The predicted octanol–water partition coefficient (Wildman–Crippen LogP) is 4.33. The number of halogens is 3. The molecule has 0 saturated carbocycles. The molecule has 0 aromatic carbocycles. The van der Waals surface area contributed by atoms with Crippen molar-refractivity contribution in [1.29, 1.82) is 0 Å². The molecule has 0 aliphatic rings. The molecule has 0 aliphatic carbocycles. The zero-order valence-electron chi connectivity index (χ0n) is 12.3. The van der Waals surface area contributed by atoms with Crippen LogP contribution in [0.3, 0.4) is 0 Å². The molecule has 0 radical (unpaired) electrons. The minimum absolute atomic E-state index is 0.130. The number of hydrogen-bond acceptors (Lipinski definition) is 5. The summed E-state index contributed by atoms with van der Waals surface area (Å²) in [6.45, 7) is 1.42. The minimum Gasteiger partial charge on any atom is -0.450 e. The van der Waals surface area contributed by atoms with Gasteiger partial charge in [-0.15, -0.1) is 0 Å². The molecule has 1 unspecified atom stereocenters. The maximum atomic E-state index is 12.0. The van der Waals surface area contributed by atoms with Gasteiger partial charge in [0.2, 0.25) is 0 Å². The molecule has 0 bridgehead atoms. The molecule has 0 saturated heterocycles. The van der Waals surface area contributed by atoms with E-state index in [2.05, 4.69) is 26.2 Å². The van der Waals surface area contributed by atoms with Crippen molar-refractivity contribution in [2.75, 3.05) is 5.32 Å². The Kier molecular flexibility index (Phi) is 6.42. The summed E-state index contributed by atoms with van der Waals surface area (Å²) >= 11 is 14.8. The number of furan rings is 1. The van der Waals surface area contributed by atoms with E-state index in [9.17, 15) is 9.59 Å². The summed E-state index contributed by atoms with van der Waals surface area (Å²) in [4.78, 5) is 27.6. The van der Waals surface area contributed by atoms with Crippen molar-refractivity contribution in [3.05, 3.63) is 50.9 Å². The zero-order chi connectivity index (χ0) is 17.7. The largest absolute Gasteiger partial charge is 0.450 e. The van der Waals surface area contributed by atoms with Crippen LogP contribution in [0.5, 0.6) is 0 Å². The molecule has 24 heavy (non-hydrogen) atoms.